The number of sulfonamides is 1. The lowest BCUT2D eigenvalue weighted by molar-refractivity contribution is 0.0981. The molecule has 0 saturated carbocycles. The van der Waals surface area contributed by atoms with Crippen LogP contribution in [-0.2, 0) is 22.9 Å². The van der Waals surface area contributed by atoms with Crippen LogP contribution in [0.3, 0.4) is 0 Å². The summed E-state index contributed by atoms with van der Waals surface area (Å²) in [7, 11) is -3.60. The standard InChI is InChI=1S/C26H27ClN2O4S.ClH/c1-34(32,33)29-26(31)19-8-5-17(6-9-19)20-10-7-18-11-12-24(15-22(18)13-20)28-16-25(30)21-3-2-4-23(27)14-21;/h2-10,13-14,24-25,28,30H,11-12,15-16H2,1H3,(H,29,31);1H/t24-,25+;/m0./s1. The second-order valence-corrected chi connectivity index (χ2v) is 10.9. The number of aliphatic hydroxyl groups excluding tert-OH is 1. The van der Waals surface area contributed by atoms with E-state index in [1.807, 2.05) is 29.0 Å². The van der Waals surface area contributed by atoms with Gasteiger partial charge in [-0.05, 0) is 71.3 Å². The molecule has 35 heavy (non-hydrogen) atoms. The monoisotopic (exact) mass is 534 g/mol. The Balaban J connectivity index is 0.00000342. The summed E-state index contributed by atoms with van der Waals surface area (Å²) in [5.74, 6) is -0.645. The van der Waals surface area contributed by atoms with Gasteiger partial charge >= 0.3 is 0 Å². The number of halogens is 2. The molecule has 0 spiro atoms. The first-order valence-corrected chi connectivity index (χ1v) is 13.4. The van der Waals surface area contributed by atoms with Crippen LogP contribution in [0.2, 0.25) is 5.02 Å². The van der Waals surface area contributed by atoms with E-state index >= 15 is 0 Å². The molecule has 3 aromatic carbocycles. The van der Waals surface area contributed by atoms with Crippen molar-refractivity contribution in [3.8, 4) is 11.1 Å². The highest BCUT2D eigenvalue weighted by molar-refractivity contribution is 7.89. The van der Waals surface area contributed by atoms with Crippen molar-refractivity contribution >= 4 is 39.9 Å². The number of fused-ring (bicyclic) bond motifs is 1. The van der Waals surface area contributed by atoms with Crippen LogP contribution in [0.4, 0.5) is 0 Å². The van der Waals surface area contributed by atoms with Crippen LogP contribution in [-0.4, -0.2) is 38.3 Å². The van der Waals surface area contributed by atoms with Gasteiger partial charge in [-0.3, -0.25) is 4.79 Å². The Morgan fingerprint density at radius 2 is 1.77 bits per heavy atom. The largest absolute Gasteiger partial charge is 0.387 e. The van der Waals surface area contributed by atoms with Crippen molar-refractivity contribution in [3.63, 3.8) is 0 Å². The molecule has 0 aliphatic heterocycles. The van der Waals surface area contributed by atoms with Gasteiger partial charge in [-0.2, -0.15) is 0 Å². The van der Waals surface area contributed by atoms with Gasteiger partial charge < -0.3 is 10.4 Å². The maximum absolute atomic E-state index is 12.0. The molecule has 0 bridgehead atoms. The SMILES string of the molecule is CS(=O)(=O)NC(=O)c1ccc(-c2ccc3c(c2)C[C@@H](NC[C@@H](O)c2cccc(Cl)c2)CC3)cc1.Cl. The van der Waals surface area contributed by atoms with Crippen LogP contribution >= 0.6 is 24.0 Å². The average molecular weight is 535 g/mol. The molecule has 3 aromatic rings. The number of aryl methyl sites for hydroxylation is 1. The van der Waals surface area contributed by atoms with Gasteiger partial charge in [0.15, 0.2) is 0 Å². The lowest BCUT2D eigenvalue weighted by Crippen LogP contribution is -2.37. The molecule has 0 fully saturated rings. The lowest BCUT2D eigenvalue weighted by atomic mass is 9.86. The maximum atomic E-state index is 12.0. The summed E-state index contributed by atoms with van der Waals surface area (Å²) < 4.78 is 24.5. The highest BCUT2D eigenvalue weighted by atomic mass is 35.5. The second kappa shape index (κ2) is 11.5. The summed E-state index contributed by atoms with van der Waals surface area (Å²) in [6.07, 6.45) is 3.15. The number of amides is 1. The maximum Gasteiger partial charge on any atom is 0.264 e. The molecule has 0 aromatic heterocycles. The number of hydrogen-bond acceptors (Lipinski definition) is 5. The second-order valence-electron chi connectivity index (χ2n) is 8.68. The quantitative estimate of drug-likeness (QED) is 0.420. The van der Waals surface area contributed by atoms with Gasteiger partial charge in [0.1, 0.15) is 0 Å². The Kier molecular flexibility index (Phi) is 8.96. The molecule has 1 aliphatic carbocycles. The smallest absolute Gasteiger partial charge is 0.264 e. The molecule has 0 saturated heterocycles. The van der Waals surface area contributed by atoms with E-state index in [9.17, 15) is 18.3 Å². The van der Waals surface area contributed by atoms with Crippen molar-refractivity contribution in [3.05, 3.63) is 94.0 Å². The van der Waals surface area contributed by atoms with E-state index in [0.29, 0.717) is 11.6 Å². The highest BCUT2D eigenvalue weighted by Crippen LogP contribution is 2.28. The van der Waals surface area contributed by atoms with E-state index < -0.39 is 22.0 Å². The molecule has 4 rings (SSSR count). The van der Waals surface area contributed by atoms with Gasteiger partial charge in [0, 0.05) is 23.2 Å². The fourth-order valence-corrected chi connectivity index (χ4v) is 4.92. The van der Waals surface area contributed by atoms with Crippen molar-refractivity contribution < 1.29 is 18.3 Å². The van der Waals surface area contributed by atoms with Crippen molar-refractivity contribution in [2.45, 2.75) is 31.4 Å². The van der Waals surface area contributed by atoms with E-state index in [1.54, 1.807) is 24.3 Å². The van der Waals surface area contributed by atoms with E-state index in [-0.39, 0.29) is 24.0 Å². The van der Waals surface area contributed by atoms with Gasteiger partial charge in [0.05, 0.1) is 12.4 Å². The third kappa shape index (κ3) is 7.29. The van der Waals surface area contributed by atoms with E-state index in [4.69, 9.17) is 11.6 Å². The van der Waals surface area contributed by atoms with Gasteiger partial charge in [-0.15, -0.1) is 12.4 Å². The third-order valence-corrected chi connectivity index (χ3v) is 6.82. The fourth-order valence-electron chi connectivity index (χ4n) is 4.26. The summed E-state index contributed by atoms with van der Waals surface area (Å²) in [6.45, 7) is 0.455. The molecule has 3 N–H and O–H groups in total. The molecule has 186 valence electrons. The van der Waals surface area contributed by atoms with Gasteiger partial charge in [-0.1, -0.05) is 54.1 Å². The first-order valence-electron chi connectivity index (χ1n) is 11.1. The molecule has 9 heteroatoms. The molecule has 1 aliphatic rings. The zero-order valence-electron chi connectivity index (χ0n) is 19.2. The molecule has 0 radical (unpaired) electrons. The third-order valence-electron chi connectivity index (χ3n) is 6.03. The summed E-state index contributed by atoms with van der Waals surface area (Å²) in [4.78, 5) is 12.0. The molecular formula is C26H28Cl2N2O4S. The summed E-state index contributed by atoms with van der Waals surface area (Å²) >= 11 is 6.03. The summed E-state index contributed by atoms with van der Waals surface area (Å²) in [6, 6.07) is 20.8. The number of aliphatic hydroxyl groups is 1. The van der Waals surface area contributed by atoms with Crippen LogP contribution in [0.25, 0.3) is 11.1 Å². The van der Waals surface area contributed by atoms with Crippen molar-refractivity contribution in [2.24, 2.45) is 0 Å². The minimum atomic E-state index is -3.60. The van der Waals surface area contributed by atoms with E-state index in [0.717, 1.165) is 42.2 Å². The van der Waals surface area contributed by atoms with Crippen LogP contribution in [0.15, 0.2) is 66.7 Å². The lowest BCUT2D eigenvalue weighted by Gasteiger charge is -2.27. The molecule has 0 unspecified atom stereocenters. The Morgan fingerprint density at radius 3 is 2.46 bits per heavy atom. The van der Waals surface area contributed by atoms with Crippen molar-refractivity contribution in [2.75, 3.05) is 12.8 Å². The van der Waals surface area contributed by atoms with E-state index in [1.165, 1.54) is 11.1 Å². The summed E-state index contributed by atoms with van der Waals surface area (Å²) in [5, 5.41) is 14.6. The molecule has 6 nitrogen and oxygen atoms in total. The predicted molar refractivity (Wildman–Crippen MR) is 142 cm³/mol. The number of carbonyl (C=O) groups is 1. The van der Waals surface area contributed by atoms with Gasteiger partial charge in [0.2, 0.25) is 10.0 Å². The van der Waals surface area contributed by atoms with Crippen LogP contribution in [0.5, 0.6) is 0 Å². The zero-order chi connectivity index (χ0) is 24.3. The highest BCUT2D eigenvalue weighted by Gasteiger charge is 2.20. The average Bonchev–Trinajstić information content (AvgIpc) is 2.81. The number of nitrogens with one attached hydrogen (secondary N) is 2. The first-order chi connectivity index (χ1) is 16.2. The fraction of sp³-hybridized carbons (Fsp3) is 0.269. The van der Waals surface area contributed by atoms with Crippen molar-refractivity contribution in [1.82, 2.24) is 10.0 Å². The van der Waals surface area contributed by atoms with Gasteiger partial charge in [-0.25, -0.2) is 13.1 Å². The Hall–Kier alpha value is -2.42. The Morgan fingerprint density at radius 1 is 1.06 bits per heavy atom. The Bertz CT molecular complexity index is 1300. The molecular weight excluding hydrogens is 507 g/mol. The number of carbonyl (C=O) groups excluding carboxylic acids is 1. The topological polar surface area (TPSA) is 95.5 Å². The van der Waals surface area contributed by atoms with Crippen LogP contribution < -0.4 is 10.0 Å². The normalized spacial score (nSPS) is 16.0. The molecule has 2 atom stereocenters. The Labute approximate surface area is 217 Å². The van der Waals surface area contributed by atoms with Gasteiger partial charge in [0.25, 0.3) is 5.91 Å². The summed E-state index contributed by atoms with van der Waals surface area (Å²) in [5.41, 5.74) is 5.65. The molecule has 0 heterocycles. The zero-order valence-corrected chi connectivity index (χ0v) is 21.6. The predicted octanol–water partition coefficient (Wildman–Crippen LogP) is 4.30. The minimum Gasteiger partial charge on any atom is -0.387 e. The van der Waals surface area contributed by atoms with Crippen molar-refractivity contribution in [1.29, 1.82) is 0 Å². The van der Waals surface area contributed by atoms with Crippen LogP contribution in [0, 0.1) is 0 Å². The number of hydrogen-bond donors (Lipinski definition) is 3. The number of rotatable bonds is 7. The molecule has 1 amide bonds. The van der Waals surface area contributed by atoms with Crippen LogP contribution in [0.1, 0.15) is 39.6 Å². The first kappa shape index (κ1) is 27.2. The minimum absolute atomic E-state index is 0. The number of benzene rings is 3. The van der Waals surface area contributed by atoms with E-state index in [2.05, 4.69) is 23.5 Å².